The minimum absolute atomic E-state index is 0.492. The number of benzene rings is 1. The Balaban J connectivity index is 2.62. The number of hydrogen-bond donors (Lipinski definition) is 2. The third kappa shape index (κ3) is 3.26. The second kappa shape index (κ2) is 5.21. The van der Waals surface area contributed by atoms with Gasteiger partial charge in [-0.2, -0.15) is 0 Å². The molecule has 100 valence electrons. The third-order valence-electron chi connectivity index (χ3n) is 2.86. The largest absolute Gasteiger partial charge is 0.386 e. The van der Waals surface area contributed by atoms with Gasteiger partial charge in [-0.1, -0.05) is 0 Å². The first-order chi connectivity index (χ1) is 8.88. The van der Waals surface area contributed by atoms with Gasteiger partial charge in [0, 0.05) is 12.4 Å². The topological polar surface area (TPSA) is 76.2 Å². The molecule has 1 unspecified atom stereocenters. The smallest absolute Gasteiger partial charge is 0.122 e. The van der Waals surface area contributed by atoms with Crippen LogP contribution in [0.25, 0.3) is 11.1 Å². The van der Waals surface area contributed by atoms with Gasteiger partial charge in [0.05, 0.1) is 10.5 Å². The average molecular weight is 276 g/mol. The first kappa shape index (κ1) is 13.9. The summed E-state index contributed by atoms with van der Waals surface area (Å²) in [6, 6.07) is 9.01. The summed E-state index contributed by atoms with van der Waals surface area (Å²) >= 11 is 0. The van der Waals surface area contributed by atoms with Gasteiger partial charge in [-0.3, -0.25) is 4.98 Å². The minimum Gasteiger partial charge on any atom is -0.386 e. The van der Waals surface area contributed by atoms with Crippen molar-refractivity contribution >= 4 is 11.0 Å². The van der Waals surface area contributed by atoms with Crippen molar-refractivity contribution in [3.8, 4) is 11.1 Å². The van der Waals surface area contributed by atoms with Crippen LogP contribution in [-0.2, 0) is 16.6 Å². The molecule has 0 saturated heterocycles. The second-order valence-electron chi connectivity index (χ2n) is 4.84. The van der Waals surface area contributed by atoms with Crippen LogP contribution in [-0.4, -0.2) is 14.3 Å². The van der Waals surface area contributed by atoms with Crippen molar-refractivity contribution in [1.82, 2.24) is 4.98 Å². The molecule has 0 spiro atoms. The van der Waals surface area contributed by atoms with Crippen LogP contribution in [0.5, 0.6) is 0 Å². The summed E-state index contributed by atoms with van der Waals surface area (Å²) in [5.74, 6) is 0. The van der Waals surface area contributed by atoms with Crippen LogP contribution in [0.1, 0.15) is 19.4 Å². The zero-order valence-corrected chi connectivity index (χ0v) is 11.6. The lowest BCUT2D eigenvalue weighted by Gasteiger charge is -2.19. The lowest BCUT2D eigenvalue weighted by Crippen LogP contribution is -2.16. The number of nitrogens with two attached hydrogens (primary N) is 1. The first-order valence-electron chi connectivity index (χ1n) is 5.82. The van der Waals surface area contributed by atoms with Crippen LogP contribution in [0.15, 0.2) is 47.6 Å². The van der Waals surface area contributed by atoms with Crippen LogP contribution in [0.2, 0.25) is 0 Å². The maximum atomic E-state index is 11.5. The van der Waals surface area contributed by atoms with E-state index in [9.17, 15) is 9.32 Å². The summed E-state index contributed by atoms with van der Waals surface area (Å²) in [5, 5.41) is 15.6. The molecular weight excluding hydrogens is 260 g/mol. The van der Waals surface area contributed by atoms with Gasteiger partial charge in [-0.15, -0.1) is 0 Å². The quantitative estimate of drug-likeness (QED) is 0.899. The Morgan fingerprint density at radius 1 is 1.16 bits per heavy atom. The van der Waals surface area contributed by atoms with Crippen LogP contribution in [0.4, 0.5) is 0 Å². The molecule has 0 radical (unpaired) electrons. The number of nitrogens with zero attached hydrogens (tertiary/aromatic N) is 1. The van der Waals surface area contributed by atoms with Crippen molar-refractivity contribution in [3.05, 3.63) is 48.3 Å². The lowest BCUT2D eigenvalue weighted by atomic mass is 9.94. The molecule has 19 heavy (non-hydrogen) atoms. The summed E-state index contributed by atoms with van der Waals surface area (Å²) in [4.78, 5) is 4.46. The van der Waals surface area contributed by atoms with Crippen molar-refractivity contribution in [2.45, 2.75) is 24.3 Å². The zero-order valence-electron chi connectivity index (χ0n) is 10.8. The van der Waals surface area contributed by atoms with Gasteiger partial charge >= 0.3 is 0 Å². The number of pyridine rings is 1. The fourth-order valence-corrected chi connectivity index (χ4v) is 2.27. The highest BCUT2D eigenvalue weighted by atomic mass is 32.2. The number of aliphatic hydroxyl groups is 1. The van der Waals surface area contributed by atoms with Crippen molar-refractivity contribution in [2.24, 2.45) is 5.14 Å². The fraction of sp³-hybridized carbons (Fsp3) is 0.214. The molecule has 1 heterocycles. The van der Waals surface area contributed by atoms with E-state index in [4.69, 9.17) is 5.14 Å². The van der Waals surface area contributed by atoms with Gasteiger partial charge in [0.25, 0.3) is 0 Å². The third-order valence-corrected chi connectivity index (χ3v) is 3.56. The lowest BCUT2D eigenvalue weighted by molar-refractivity contribution is 0.0784. The molecule has 2 rings (SSSR count). The Bertz CT molecular complexity index is 607. The van der Waals surface area contributed by atoms with Gasteiger partial charge in [0.1, 0.15) is 11.0 Å². The molecule has 1 aromatic heterocycles. The average Bonchev–Trinajstić information content (AvgIpc) is 2.38. The second-order valence-corrected chi connectivity index (χ2v) is 5.90. The predicted octanol–water partition coefficient (Wildman–Crippen LogP) is 1.96. The van der Waals surface area contributed by atoms with Crippen LogP contribution < -0.4 is 5.14 Å². The van der Waals surface area contributed by atoms with Gasteiger partial charge in [0.15, 0.2) is 0 Å². The highest BCUT2D eigenvalue weighted by Gasteiger charge is 2.18. The number of aromatic nitrogens is 1. The summed E-state index contributed by atoms with van der Waals surface area (Å²) in [6.45, 7) is 3.36. The van der Waals surface area contributed by atoms with Crippen molar-refractivity contribution in [3.63, 3.8) is 0 Å². The molecule has 0 fully saturated rings. The molecular formula is C14H16N2O2S. The number of hydrogen-bond acceptors (Lipinski definition) is 3. The van der Waals surface area contributed by atoms with Crippen molar-refractivity contribution in [1.29, 1.82) is 0 Å². The van der Waals surface area contributed by atoms with E-state index in [-0.39, 0.29) is 0 Å². The fourth-order valence-electron chi connectivity index (χ4n) is 1.78. The molecule has 0 bridgehead atoms. The van der Waals surface area contributed by atoms with Gasteiger partial charge < -0.3 is 5.11 Å². The Morgan fingerprint density at radius 3 is 2.32 bits per heavy atom. The van der Waals surface area contributed by atoms with E-state index < -0.39 is 16.6 Å². The molecule has 3 N–H and O–H groups in total. The van der Waals surface area contributed by atoms with Crippen LogP contribution in [0.3, 0.4) is 0 Å². The summed E-state index contributed by atoms with van der Waals surface area (Å²) < 4.78 is 11.5. The Morgan fingerprint density at radius 2 is 1.79 bits per heavy atom. The van der Waals surface area contributed by atoms with Crippen molar-refractivity contribution in [2.75, 3.05) is 0 Å². The van der Waals surface area contributed by atoms with E-state index in [2.05, 4.69) is 4.98 Å². The monoisotopic (exact) mass is 276 g/mol. The first-order valence-corrected chi connectivity index (χ1v) is 7.04. The zero-order chi connectivity index (χ0) is 14.0. The minimum atomic E-state index is -1.58. The van der Waals surface area contributed by atoms with E-state index >= 15 is 0 Å². The summed E-state index contributed by atoms with van der Waals surface area (Å²) in [5.41, 5.74) is 1.45. The molecule has 1 atom stereocenters. The van der Waals surface area contributed by atoms with Crippen molar-refractivity contribution < 1.29 is 9.32 Å². The molecule has 1 aromatic carbocycles. The highest BCUT2D eigenvalue weighted by Crippen LogP contribution is 2.28. The summed E-state index contributed by atoms with van der Waals surface area (Å²) in [7, 11) is -1.58. The molecule has 0 aliphatic heterocycles. The molecule has 0 aliphatic carbocycles. The SMILES string of the molecule is CC(C)(O)c1cc(-c2ccncc2)cc(S(N)=O)c1. The molecule has 0 amide bonds. The summed E-state index contributed by atoms with van der Waals surface area (Å²) in [6.07, 6.45) is 3.37. The number of rotatable bonds is 3. The Kier molecular flexibility index (Phi) is 3.80. The molecule has 0 aliphatic rings. The molecule has 5 heteroatoms. The van der Waals surface area contributed by atoms with Crippen LogP contribution >= 0.6 is 0 Å². The normalized spacial score (nSPS) is 13.3. The van der Waals surface area contributed by atoms with E-state index in [1.165, 1.54) is 0 Å². The van der Waals surface area contributed by atoms with Gasteiger partial charge in [-0.25, -0.2) is 9.35 Å². The van der Waals surface area contributed by atoms with Crippen LogP contribution in [0, 0.1) is 0 Å². The maximum Gasteiger partial charge on any atom is 0.122 e. The van der Waals surface area contributed by atoms with Gasteiger partial charge in [0.2, 0.25) is 0 Å². The predicted molar refractivity (Wildman–Crippen MR) is 75.5 cm³/mol. The Hall–Kier alpha value is -1.56. The van der Waals surface area contributed by atoms with E-state index in [1.54, 1.807) is 38.4 Å². The van der Waals surface area contributed by atoms with E-state index in [1.807, 2.05) is 18.2 Å². The standard InChI is InChI=1S/C14H16N2O2S/c1-14(2,17)12-7-11(8-13(9-12)19(15)18)10-3-5-16-6-4-10/h3-9,17H,15H2,1-2H3. The molecule has 0 saturated carbocycles. The Labute approximate surface area is 114 Å². The van der Waals surface area contributed by atoms with E-state index in [0.717, 1.165) is 11.1 Å². The maximum absolute atomic E-state index is 11.5. The van der Waals surface area contributed by atoms with E-state index in [0.29, 0.717) is 10.5 Å². The van der Waals surface area contributed by atoms with Gasteiger partial charge in [-0.05, 0) is 60.9 Å². The highest BCUT2D eigenvalue weighted by molar-refractivity contribution is 7.82. The molecule has 4 nitrogen and oxygen atoms in total. The molecule has 2 aromatic rings.